The molecule has 0 radical (unpaired) electrons. The van der Waals surface area contributed by atoms with Gasteiger partial charge < -0.3 is 14.8 Å². The van der Waals surface area contributed by atoms with E-state index in [9.17, 15) is 9.59 Å². The van der Waals surface area contributed by atoms with Gasteiger partial charge >= 0.3 is 5.97 Å². The predicted octanol–water partition coefficient (Wildman–Crippen LogP) is 2.22. The van der Waals surface area contributed by atoms with Crippen molar-refractivity contribution in [2.24, 2.45) is 0 Å². The van der Waals surface area contributed by atoms with E-state index < -0.39 is 18.1 Å². The minimum atomic E-state index is -0.725. The van der Waals surface area contributed by atoms with Gasteiger partial charge in [0.25, 0.3) is 0 Å². The summed E-state index contributed by atoms with van der Waals surface area (Å²) in [6.07, 6.45) is 1.47. The van der Waals surface area contributed by atoms with E-state index in [1.807, 2.05) is 42.5 Å². The number of ether oxygens (including phenoxy) is 2. The first-order valence-corrected chi connectivity index (χ1v) is 8.15. The summed E-state index contributed by atoms with van der Waals surface area (Å²) in [6, 6.07) is 13.2. The highest BCUT2D eigenvalue weighted by Crippen LogP contribution is 2.20. The number of carbonyl (C=O) groups excluding carboxylic acids is 2. The molecular weight excluding hydrogens is 306 g/mol. The van der Waals surface area contributed by atoms with E-state index in [0.29, 0.717) is 19.4 Å². The van der Waals surface area contributed by atoms with Crippen molar-refractivity contribution in [1.29, 1.82) is 0 Å². The Bertz CT molecular complexity index is 732. The number of esters is 1. The Morgan fingerprint density at radius 2 is 2.04 bits per heavy atom. The second-order valence-electron chi connectivity index (χ2n) is 5.93. The molecular formula is C19H21NO4. The van der Waals surface area contributed by atoms with Gasteiger partial charge in [0.05, 0.1) is 7.11 Å². The molecule has 5 heteroatoms. The molecule has 1 saturated heterocycles. The first kappa shape index (κ1) is 16.5. The maximum absolute atomic E-state index is 12.3. The van der Waals surface area contributed by atoms with Crippen LogP contribution in [0.5, 0.6) is 0 Å². The minimum Gasteiger partial charge on any atom is -0.467 e. The van der Waals surface area contributed by atoms with E-state index in [0.717, 1.165) is 22.8 Å². The van der Waals surface area contributed by atoms with E-state index in [1.54, 1.807) is 0 Å². The Morgan fingerprint density at radius 3 is 2.79 bits per heavy atom. The fourth-order valence-corrected chi connectivity index (χ4v) is 3.08. The molecule has 0 spiro atoms. The topological polar surface area (TPSA) is 64.6 Å². The average Bonchev–Trinajstić information content (AvgIpc) is 3.15. The highest BCUT2D eigenvalue weighted by atomic mass is 16.5. The number of hydrogen-bond donors (Lipinski definition) is 1. The molecule has 1 aliphatic rings. The van der Waals surface area contributed by atoms with Crippen LogP contribution in [-0.2, 0) is 25.5 Å². The molecule has 1 fully saturated rings. The van der Waals surface area contributed by atoms with Crippen LogP contribution in [-0.4, -0.2) is 37.7 Å². The van der Waals surface area contributed by atoms with Crippen molar-refractivity contribution in [2.45, 2.75) is 31.4 Å². The molecule has 1 aliphatic heterocycles. The Morgan fingerprint density at radius 1 is 1.25 bits per heavy atom. The molecule has 0 aliphatic carbocycles. The summed E-state index contributed by atoms with van der Waals surface area (Å²) in [6.45, 7) is 0.588. The molecule has 24 heavy (non-hydrogen) atoms. The lowest BCUT2D eigenvalue weighted by Gasteiger charge is -2.19. The molecule has 2 aromatic carbocycles. The molecule has 1 N–H and O–H groups in total. The number of nitrogens with one attached hydrogen (secondary N) is 1. The third-order valence-electron chi connectivity index (χ3n) is 4.33. The predicted molar refractivity (Wildman–Crippen MR) is 90.6 cm³/mol. The molecule has 0 bridgehead atoms. The molecule has 5 nitrogen and oxygen atoms in total. The van der Waals surface area contributed by atoms with Gasteiger partial charge in [-0.15, -0.1) is 0 Å². The second-order valence-corrected chi connectivity index (χ2v) is 5.93. The number of fused-ring (bicyclic) bond motifs is 1. The summed E-state index contributed by atoms with van der Waals surface area (Å²) >= 11 is 0. The summed E-state index contributed by atoms with van der Waals surface area (Å²) in [7, 11) is 1.33. The Balaban J connectivity index is 1.81. The standard InChI is InChI=1S/C19H21NO4/c1-23-19(22)16(20-18(21)17-10-5-11-24-17)12-14-8-4-7-13-6-2-3-9-15(13)14/h2-4,6-9,16-17H,5,10-12H2,1H3,(H,20,21)/t16-,17-/m0/s1. The third kappa shape index (κ3) is 3.57. The summed E-state index contributed by atoms with van der Waals surface area (Å²) < 4.78 is 10.3. The van der Waals surface area contributed by atoms with Crippen LogP contribution >= 0.6 is 0 Å². The van der Waals surface area contributed by atoms with Crippen molar-refractivity contribution in [3.05, 3.63) is 48.0 Å². The van der Waals surface area contributed by atoms with Crippen LogP contribution in [0.1, 0.15) is 18.4 Å². The number of amides is 1. The van der Waals surface area contributed by atoms with Crippen LogP contribution in [0.3, 0.4) is 0 Å². The van der Waals surface area contributed by atoms with Gasteiger partial charge in [-0.2, -0.15) is 0 Å². The zero-order valence-electron chi connectivity index (χ0n) is 13.7. The number of hydrogen-bond acceptors (Lipinski definition) is 4. The van der Waals surface area contributed by atoms with E-state index in [2.05, 4.69) is 5.32 Å². The second kappa shape index (κ2) is 7.45. The smallest absolute Gasteiger partial charge is 0.328 e. The first-order chi connectivity index (χ1) is 11.7. The lowest BCUT2D eigenvalue weighted by Crippen LogP contribution is -2.47. The Hall–Kier alpha value is -2.40. The normalized spacial score (nSPS) is 18.3. The zero-order valence-corrected chi connectivity index (χ0v) is 13.7. The molecule has 1 heterocycles. The first-order valence-electron chi connectivity index (χ1n) is 8.15. The van der Waals surface area contributed by atoms with Crippen molar-refractivity contribution < 1.29 is 19.1 Å². The minimum absolute atomic E-state index is 0.247. The van der Waals surface area contributed by atoms with Crippen LogP contribution in [0, 0.1) is 0 Å². The van der Waals surface area contributed by atoms with Crippen LogP contribution < -0.4 is 5.32 Å². The highest BCUT2D eigenvalue weighted by Gasteiger charge is 2.29. The van der Waals surface area contributed by atoms with E-state index in [-0.39, 0.29) is 5.91 Å². The molecule has 0 aromatic heterocycles. The van der Waals surface area contributed by atoms with E-state index >= 15 is 0 Å². The van der Waals surface area contributed by atoms with Gasteiger partial charge in [0.2, 0.25) is 5.91 Å². The maximum atomic E-state index is 12.3. The van der Waals surface area contributed by atoms with Gasteiger partial charge in [-0.1, -0.05) is 42.5 Å². The summed E-state index contributed by atoms with van der Waals surface area (Å²) in [5, 5.41) is 4.96. The molecule has 3 rings (SSSR count). The molecule has 0 unspecified atom stereocenters. The zero-order chi connectivity index (χ0) is 16.9. The van der Waals surface area contributed by atoms with Gasteiger partial charge in [-0.3, -0.25) is 4.79 Å². The van der Waals surface area contributed by atoms with Crippen LogP contribution in [0.15, 0.2) is 42.5 Å². The summed E-state index contributed by atoms with van der Waals surface area (Å²) in [4.78, 5) is 24.4. The molecule has 0 saturated carbocycles. The number of methoxy groups -OCH3 is 1. The largest absolute Gasteiger partial charge is 0.467 e. The summed E-state index contributed by atoms with van der Waals surface area (Å²) in [5.41, 5.74) is 0.996. The van der Waals surface area contributed by atoms with Gasteiger partial charge in [-0.25, -0.2) is 4.79 Å². The van der Waals surface area contributed by atoms with E-state index in [4.69, 9.17) is 9.47 Å². The van der Waals surface area contributed by atoms with Crippen molar-refractivity contribution in [3.63, 3.8) is 0 Å². The molecule has 126 valence electrons. The fraction of sp³-hybridized carbons (Fsp3) is 0.368. The summed E-state index contributed by atoms with van der Waals surface area (Å²) in [5.74, 6) is -0.697. The van der Waals surface area contributed by atoms with E-state index in [1.165, 1.54) is 7.11 Å². The molecule has 2 atom stereocenters. The van der Waals surface area contributed by atoms with Gasteiger partial charge in [0.15, 0.2) is 0 Å². The van der Waals surface area contributed by atoms with Gasteiger partial charge in [0.1, 0.15) is 12.1 Å². The van der Waals surface area contributed by atoms with Crippen molar-refractivity contribution >= 4 is 22.6 Å². The quantitative estimate of drug-likeness (QED) is 0.855. The SMILES string of the molecule is COC(=O)[C@H](Cc1cccc2ccccc12)NC(=O)[C@@H]1CCCO1. The Labute approximate surface area is 140 Å². The average molecular weight is 327 g/mol. The molecule has 2 aromatic rings. The van der Waals surface area contributed by atoms with Crippen molar-refractivity contribution in [1.82, 2.24) is 5.32 Å². The highest BCUT2D eigenvalue weighted by molar-refractivity contribution is 5.89. The van der Waals surface area contributed by atoms with Crippen molar-refractivity contribution in [3.8, 4) is 0 Å². The molecule has 1 amide bonds. The lowest BCUT2D eigenvalue weighted by molar-refractivity contribution is -0.146. The van der Waals surface area contributed by atoms with Gasteiger partial charge in [-0.05, 0) is 29.2 Å². The maximum Gasteiger partial charge on any atom is 0.328 e. The lowest BCUT2D eigenvalue weighted by atomic mass is 9.98. The van der Waals surface area contributed by atoms with Gasteiger partial charge in [0, 0.05) is 13.0 Å². The third-order valence-corrected chi connectivity index (χ3v) is 4.33. The number of carbonyl (C=O) groups is 2. The van der Waals surface area contributed by atoms with Crippen LogP contribution in [0.2, 0.25) is 0 Å². The van der Waals surface area contributed by atoms with Crippen molar-refractivity contribution in [2.75, 3.05) is 13.7 Å². The monoisotopic (exact) mass is 327 g/mol. The van der Waals surface area contributed by atoms with Crippen LogP contribution in [0.25, 0.3) is 10.8 Å². The Kier molecular flexibility index (Phi) is 5.11. The fourth-order valence-electron chi connectivity index (χ4n) is 3.08. The number of rotatable bonds is 5. The number of benzene rings is 2. The van der Waals surface area contributed by atoms with Crippen LogP contribution in [0.4, 0.5) is 0 Å².